The zero-order valence-electron chi connectivity index (χ0n) is 4.22. The Morgan fingerprint density at radius 2 is 2.43 bits per heavy atom. The average molecular weight is 100 g/mol. The van der Waals surface area contributed by atoms with Crippen molar-refractivity contribution in [2.24, 2.45) is 0 Å². The molecule has 0 aromatic rings. The Morgan fingerprint density at radius 3 is 2.57 bits per heavy atom. The molecule has 0 atom stereocenters. The summed E-state index contributed by atoms with van der Waals surface area (Å²) in [4.78, 5) is 9.71. The van der Waals surface area contributed by atoms with Crippen molar-refractivity contribution in [3.05, 3.63) is 12.8 Å². The van der Waals surface area contributed by atoms with Crippen LogP contribution in [0.15, 0.2) is 12.8 Å². The number of amides is 1. The zero-order valence-corrected chi connectivity index (χ0v) is 4.22. The van der Waals surface area contributed by atoms with E-state index < -0.39 is 0 Å². The number of hydrogen-bond acceptors (Lipinski definition) is 2. The van der Waals surface area contributed by atoms with Crippen LogP contribution in [0.2, 0.25) is 0 Å². The molecule has 3 nitrogen and oxygen atoms in total. The first-order valence-electron chi connectivity index (χ1n) is 1.86. The Balaban J connectivity index is 3.15. The van der Waals surface area contributed by atoms with Gasteiger partial charge in [0.1, 0.15) is 0 Å². The number of rotatable bonds is 3. The minimum absolute atomic E-state index is 0.654. The van der Waals surface area contributed by atoms with Gasteiger partial charge in [-0.1, -0.05) is 6.58 Å². The number of hydrazine groups is 1. The summed E-state index contributed by atoms with van der Waals surface area (Å²) in [5, 5.41) is 1.26. The number of nitrogens with one attached hydrogen (secondary N) is 1. The van der Waals surface area contributed by atoms with Gasteiger partial charge in [0.05, 0.1) is 0 Å². The van der Waals surface area contributed by atoms with Gasteiger partial charge in [-0.2, -0.15) is 0 Å². The molecule has 0 aliphatic heterocycles. The van der Waals surface area contributed by atoms with Gasteiger partial charge in [0.15, 0.2) is 0 Å². The van der Waals surface area contributed by atoms with Gasteiger partial charge in [-0.05, 0) is 0 Å². The molecule has 0 radical (unpaired) electrons. The van der Waals surface area contributed by atoms with Gasteiger partial charge >= 0.3 is 0 Å². The molecule has 0 aliphatic carbocycles. The van der Waals surface area contributed by atoms with Crippen molar-refractivity contribution in [3.63, 3.8) is 0 Å². The second kappa shape index (κ2) is 3.21. The molecule has 0 aromatic heterocycles. The first-order chi connectivity index (χ1) is 3.31. The molecule has 0 heterocycles. The predicted molar refractivity (Wildman–Crippen MR) is 27.2 cm³/mol. The molecule has 1 N–H and O–H groups in total. The summed E-state index contributed by atoms with van der Waals surface area (Å²) in [5.74, 6) is 0. The number of carbonyl (C=O) groups is 1. The lowest BCUT2D eigenvalue weighted by molar-refractivity contribution is -0.118. The molecule has 0 saturated heterocycles. The highest BCUT2D eigenvalue weighted by Crippen LogP contribution is 1.60. The zero-order chi connectivity index (χ0) is 5.70. The molecule has 0 aliphatic rings. The SMILES string of the molecule is C=CNN(C)C=O. The van der Waals surface area contributed by atoms with E-state index in [0.29, 0.717) is 6.41 Å². The van der Waals surface area contributed by atoms with Crippen LogP contribution < -0.4 is 5.43 Å². The van der Waals surface area contributed by atoms with Crippen molar-refractivity contribution >= 4 is 6.41 Å². The first kappa shape index (κ1) is 6.01. The van der Waals surface area contributed by atoms with E-state index in [9.17, 15) is 4.79 Å². The van der Waals surface area contributed by atoms with E-state index in [1.54, 1.807) is 7.05 Å². The van der Waals surface area contributed by atoms with Crippen molar-refractivity contribution in [1.82, 2.24) is 10.4 Å². The van der Waals surface area contributed by atoms with Gasteiger partial charge in [0, 0.05) is 13.2 Å². The lowest BCUT2D eigenvalue weighted by Gasteiger charge is -2.06. The average Bonchev–Trinajstić information content (AvgIpc) is 1.68. The molecular formula is C4H8N2O. The molecule has 0 rings (SSSR count). The lowest BCUT2D eigenvalue weighted by atomic mass is 11.0. The predicted octanol–water partition coefficient (Wildman–Crippen LogP) is -0.277. The summed E-state index contributed by atoms with van der Waals surface area (Å²) in [6.07, 6.45) is 2.08. The van der Waals surface area contributed by atoms with E-state index >= 15 is 0 Å². The van der Waals surface area contributed by atoms with Gasteiger partial charge in [0.25, 0.3) is 0 Å². The van der Waals surface area contributed by atoms with E-state index in [-0.39, 0.29) is 0 Å². The van der Waals surface area contributed by atoms with Crippen LogP contribution in [0.4, 0.5) is 0 Å². The highest BCUT2D eigenvalue weighted by atomic mass is 16.1. The van der Waals surface area contributed by atoms with Crippen LogP contribution in [0.5, 0.6) is 0 Å². The maximum atomic E-state index is 9.71. The van der Waals surface area contributed by atoms with Crippen molar-refractivity contribution < 1.29 is 4.79 Å². The monoisotopic (exact) mass is 100 g/mol. The Labute approximate surface area is 42.6 Å². The maximum absolute atomic E-state index is 9.71. The maximum Gasteiger partial charge on any atom is 0.227 e. The number of nitrogens with zero attached hydrogens (tertiary/aromatic N) is 1. The Hall–Kier alpha value is -0.990. The van der Waals surface area contributed by atoms with Gasteiger partial charge in [-0.15, -0.1) is 0 Å². The van der Waals surface area contributed by atoms with Crippen LogP contribution in [0, 0.1) is 0 Å². The highest BCUT2D eigenvalue weighted by Gasteiger charge is 1.78. The van der Waals surface area contributed by atoms with Crippen LogP contribution in [-0.2, 0) is 4.79 Å². The Kier molecular flexibility index (Phi) is 2.76. The normalized spacial score (nSPS) is 7.00. The second-order valence-corrected chi connectivity index (χ2v) is 1.05. The molecule has 1 amide bonds. The quantitative estimate of drug-likeness (QED) is 0.391. The summed E-state index contributed by atoms with van der Waals surface area (Å²) >= 11 is 0. The van der Waals surface area contributed by atoms with Gasteiger partial charge < -0.3 is 5.43 Å². The third-order valence-corrected chi connectivity index (χ3v) is 0.453. The third-order valence-electron chi connectivity index (χ3n) is 0.453. The lowest BCUT2D eigenvalue weighted by Crippen LogP contribution is -2.27. The third kappa shape index (κ3) is 2.82. The van der Waals surface area contributed by atoms with E-state index in [1.165, 1.54) is 11.2 Å². The van der Waals surface area contributed by atoms with E-state index in [1.807, 2.05) is 0 Å². The molecule has 40 valence electrons. The van der Waals surface area contributed by atoms with Crippen LogP contribution >= 0.6 is 0 Å². The van der Waals surface area contributed by atoms with Crippen LogP contribution in [0.25, 0.3) is 0 Å². The molecule has 7 heavy (non-hydrogen) atoms. The minimum atomic E-state index is 0.654. The minimum Gasteiger partial charge on any atom is -0.304 e. The van der Waals surface area contributed by atoms with Crippen LogP contribution in [0.3, 0.4) is 0 Å². The van der Waals surface area contributed by atoms with Crippen LogP contribution in [0.1, 0.15) is 0 Å². The number of carbonyl (C=O) groups excluding carboxylic acids is 1. The summed E-state index contributed by atoms with van der Waals surface area (Å²) in [5.41, 5.74) is 2.52. The number of hydrogen-bond donors (Lipinski definition) is 1. The van der Waals surface area contributed by atoms with Crippen LogP contribution in [-0.4, -0.2) is 18.5 Å². The van der Waals surface area contributed by atoms with E-state index in [2.05, 4.69) is 12.0 Å². The molecule has 0 bridgehead atoms. The summed E-state index contributed by atoms with van der Waals surface area (Å²) in [7, 11) is 1.59. The molecule has 3 heteroatoms. The van der Waals surface area contributed by atoms with E-state index in [0.717, 1.165) is 0 Å². The highest BCUT2D eigenvalue weighted by molar-refractivity contribution is 5.45. The molecular weight excluding hydrogens is 92.1 g/mol. The van der Waals surface area contributed by atoms with Crippen molar-refractivity contribution in [1.29, 1.82) is 0 Å². The Bertz CT molecular complexity index is 72.1. The van der Waals surface area contributed by atoms with Crippen molar-refractivity contribution in [2.75, 3.05) is 7.05 Å². The molecule has 0 fully saturated rings. The first-order valence-corrected chi connectivity index (χ1v) is 1.86. The Morgan fingerprint density at radius 1 is 1.86 bits per heavy atom. The van der Waals surface area contributed by atoms with Gasteiger partial charge in [-0.25, -0.2) is 0 Å². The molecule has 0 unspecified atom stereocenters. The summed E-state index contributed by atoms with van der Waals surface area (Å²) in [6.45, 7) is 3.34. The standard InChI is InChI=1S/C4H8N2O/c1-3-5-6(2)4-7/h3-5H,1H2,2H3. The smallest absolute Gasteiger partial charge is 0.227 e. The van der Waals surface area contributed by atoms with E-state index in [4.69, 9.17) is 0 Å². The van der Waals surface area contributed by atoms with Gasteiger partial charge in [0.2, 0.25) is 6.41 Å². The summed E-state index contributed by atoms with van der Waals surface area (Å²) in [6, 6.07) is 0. The van der Waals surface area contributed by atoms with Gasteiger partial charge in [-0.3, -0.25) is 9.80 Å². The molecule has 0 saturated carbocycles. The largest absolute Gasteiger partial charge is 0.304 e. The topological polar surface area (TPSA) is 32.3 Å². The fraction of sp³-hybridized carbons (Fsp3) is 0.250. The second-order valence-electron chi connectivity index (χ2n) is 1.05. The molecule has 0 aromatic carbocycles. The van der Waals surface area contributed by atoms with Crippen molar-refractivity contribution in [2.45, 2.75) is 0 Å². The van der Waals surface area contributed by atoms with Crippen molar-refractivity contribution in [3.8, 4) is 0 Å². The fourth-order valence-corrected chi connectivity index (χ4v) is 0.174. The molecule has 0 spiro atoms. The summed E-state index contributed by atoms with van der Waals surface area (Å²) < 4.78 is 0. The fourth-order valence-electron chi connectivity index (χ4n) is 0.174.